The van der Waals surface area contributed by atoms with Gasteiger partial charge in [-0.05, 0) is 83.9 Å². The van der Waals surface area contributed by atoms with Crippen molar-refractivity contribution in [3.05, 3.63) is 107 Å². The second-order valence-corrected chi connectivity index (χ2v) is 7.16. The Balaban J connectivity index is 1.55. The summed E-state index contributed by atoms with van der Waals surface area (Å²) in [5.74, 6) is -5.84. The molecule has 0 aliphatic rings. The Morgan fingerprint density at radius 2 is 1.15 bits per heavy atom. The Bertz CT molecular complexity index is 1420. The van der Waals surface area contributed by atoms with Crippen molar-refractivity contribution >= 4 is 22.7 Å². The molecule has 8 heteroatoms. The zero-order valence-corrected chi connectivity index (χ0v) is 17.0. The summed E-state index contributed by atoms with van der Waals surface area (Å²) < 4.78 is 63.4. The van der Waals surface area contributed by atoms with Crippen LogP contribution in [-0.2, 0) is 0 Å². The van der Waals surface area contributed by atoms with E-state index < -0.39 is 35.2 Å². The molecule has 4 aromatic carbocycles. The fourth-order valence-corrected chi connectivity index (χ4v) is 3.19. The smallest absolute Gasteiger partial charge is 0.343 e. The monoisotopic (exact) mass is 454 g/mol. The molecule has 33 heavy (non-hydrogen) atoms. The molecule has 0 aliphatic heterocycles. The fourth-order valence-electron chi connectivity index (χ4n) is 3.19. The number of hydrogen-bond donors (Lipinski definition) is 0. The molecule has 0 saturated carbocycles. The highest BCUT2D eigenvalue weighted by Crippen LogP contribution is 2.29. The molecule has 0 aromatic heterocycles. The summed E-state index contributed by atoms with van der Waals surface area (Å²) in [4.78, 5) is 24.5. The van der Waals surface area contributed by atoms with Gasteiger partial charge in [0.2, 0.25) is 0 Å². The number of esters is 2. The van der Waals surface area contributed by atoms with E-state index in [1.54, 1.807) is 31.2 Å². The zero-order chi connectivity index (χ0) is 23.7. The molecule has 166 valence electrons. The van der Waals surface area contributed by atoms with Crippen molar-refractivity contribution in [3.63, 3.8) is 0 Å². The standard InChI is InChI=1S/C25H14F4O4/c1-13-8-18(33-25(31)16-4-7-21(27)23(29)11-16)9-14-2-5-17(12-19(13)14)32-24(30)15-3-6-20(26)22(28)10-15/h2-12H,1H3. The van der Waals surface area contributed by atoms with Gasteiger partial charge in [-0.2, -0.15) is 0 Å². The maximum atomic E-state index is 13.4. The summed E-state index contributed by atoms with van der Waals surface area (Å²) in [5, 5.41) is 1.33. The van der Waals surface area contributed by atoms with E-state index in [1.807, 2.05) is 0 Å². The Kier molecular flexibility index (Phi) is 5.83. The van der Waals surface area contributed by atoms with Gasteiger partial charge in [0, 0.05) is 0 Å². The van der Waals surface area contributed by atoms with Gasteiger partial charge in [0.1, 0.15) is 11.5 Å². The van der Waals surface area contributed by atoms with Gasteiger partial charge in [-0.25, -0.2) is 27.2 Å². The SMILES string of the molecule is Cc1cc(OC(=O)c2ccc(F)c(F)c2)cc2ccc(OC(=O)c3ccc(F)c(F)c3)cc12. The maximum absolute atomic E-state index is 13.4. The van der Waals surface area contributed by atoms with Crippen molar-refractivity contribution in [2.24, 2.45) is 0 Å². The molecule has 0 bridgehead atoms. The van der Waals surface area contributed by atoms with Crippen LogP contribution in [0.1, 0.15) is 26.3 Å². The van der Waals surface area contributed by atoms with Crippen LogP contribution in [0, 0.1) is 30.2 Å². The lowest BCUT2D eigenvalue weighted by molar-refractivity contribution is 0.0724. The van der Waals surface area contributed by atoms with E-state index in [9.17, 15) is 27.2 Å². The molecule has 0 fully saturated rings. The van der Waals surface area contributed by atoms with Crippen molar-refractivity contribution in [1.29, 1.82) is 0 Å². The van der Waals surface area contributed by atoms with Crippen molar-refractivity contribution in [1.82, 2.24) is 0 Å². The summed E-state index contributed by atoms with van der Waals surface area (Å²) >= 11 is 0. The molecule has 0 unspecified atom stereocenters. The summed E-state index contributed by atoms with van der Waals surface area (Å²) in [5.41, 5.74) is 0.377. The molecule has 4 rings (SSSR count). The first-order valence-electron chi connectivity index (χ1n) is 9.60. The van der Waals surface area contributed by atoms with Gasteiger partial charge in [-0.15, -0.1) is 0 Å². The zero-order valence-electron chi connectivity index (χ0n) is 17.0. The van der Waals surface area contributed by atoms with E-state index in [1.165, 1.54) is 6.07 Å². The van der Waals surface area contributed by atoms with E-state index in [4.69, 9.17) is 9.47 Å². The molecule has 0 N–H and O–H groups in total. The van der Waals surface area contributed by atoms with Gasteiger partial charge in [0.25, 0.3) is 0 Å². The summed E-state index contributed by atoms with van der Waals surface area (Å²) in [6.07, 6.45) is 0. The van der Waals surface area contributed by atoms with Crippen LogP contribution in [0.5, 0.6) is 11.5 Å². The predicted molar refractivity (Wildman–Crippen MR) is 111 cm³/mol. The van der Waals surface area contributed by atoms with Crippen molar-refractivity contribution in [3.8, 4) is 11.5 Å². The first-order valence-corrected chi connectivity index (χ1v) is 9.60. The van der Waals surface area contributed by atoms with Crippen LogP contribution in [0.4, 0.5) is 17.6 Å². The van der Waals surface area contributed by atoms with Gasteiger partial charge >= 0.3 is 11.9 Å². The van der Waals surface area contributed by atoms with Crippen LogP contribution < -0.4 is 9.47 Å². The normalized spacial score (nSPS) is 10.8. The van der Waals surface area contributed by atoms with Crippen LogP contribution in [0.15, 0.2) is 66.7 Å². The fraction of sp³-hybridized carbons (Fsp3) is 0.0400. The average molecular weight is 454 g/mol. The maximum Gasteiger partial charge on any atom is 0.343 e. The van der Waals surface area contributed by atoms with Crippen molar-refractivity contribution in [2.45, 2.75) is 6.92 Å². The molecule has 0 amide bonds. The molecule has 4 aromatic rings. The minimum Gasteiger partial charge on any atom is -0.423 e. The molecule has 0 saturated heterocycles. The number of aryl methyl sites for hydroxylation is 1. The van der Waals surface area contributed by atoms with Gasteiger partial charge < -0.3 is 9.47 Å². The van der Waals surface area contributed by atoms with Crippen LogP contribution in [0.3, 0.4) is 0 Å². The largest absolute Gasteiger partial charge is 0.423 e. The molecule has 0 atom stereocenters. The second kappa shape index (κ2) is 8.74. The number of rotatable bonds is 4. The van der Waals surface area contributed by atoms with Crippen molar-refractivity contribution < 1.29 is 36.6 Å². The highest BCUT2D eigenvalue weighted by atomic mass is 19.2. The lowest BCUT2D eigenvalue weighted by Crippen LogP contribution is -2.10. The summed E-state index contributed by atoms with van der Waals surface area (Å²) in [7, 11) is 0. The van der Waals surface area contributed by atoms with E-state index in [0.29, 0.717) is 16.3 Å². The Labute approximate surface area is 185 Å². The second-order valence-electron chi connectivity index (χ2n) is 7.16. The van der Waals surface area contributed by atoms with Gasteiger partial charge in [-0.3, -0.25) is 0 Å². The molecular formula is C25H14F4O4. The van der Waals surface area contributed by atoms with Gasteiger partial charge in [0.15, 0.2) is 23.3 Å². The third kappa shape index (κ3) is 4.69. The van der Waals surface area contributed by atoms with Crippen LogP contribution >= 0.6 is 0 Å². The van der Waals surface area contributed by atoms with Crippen LogP contribution in [0.2, 0.25) is 0 Å². The van der Waals surface area contributed by atoms with Crippen LogP contribution in [-0.4, -0.2) is 11.9 Å². The number of carbonyl (C=O) groups is 2. The minimum atomic E-state index is -1.16. The minimum absolute atomic E-state index is 0.147. The average Bonchev–Trinajstić information content (AvgIpc) is 2.78. The molecule has 0 aliphatic carbocycles. The Morgan fingerprint density at radius 1 is 0.606 bits per heavy atom. The number of fused-ring (bicyclic) bond motifs is 1. The number of hydrogen-bond acceptors (Lipinski definition) is 4. The topological polar surface area (TPSA) is 52.6 Å². The lowest BCUT2D eigenvalue weighted by Gasteiger charge is -2.10. The molecular weight excluding hydrogens is 440 g/mol. The van der Waals surface area contributed by atoms with E-state index in [2.05, 4.69) is 0 Å². The van der Waals surface area contributed by atoms with Gasteiger partial charge in [-0.1, -0.05) is 6.07 Å². The molecule has 0 heterocycles. The Hall–Kier alpha value is -4.20. The first kappa shape index (κ1) is 22.0. The highest BCUT2D eigenvalue weighted by molar-refractivity contribution is 5.94. The predicted octanol–water partition coefficient (Wildman–Crippen LogP) is 6.14. The van der Waals surface area contributed by atoms with Crippen LogP contribution in [0.25, 0.3) is 10.8 Å². The first-order chi connectivity index (χ1) is 15.7. The number of carbonyl (C=O) groups excluding carboxylic acids is 2. The quantitative estimate of drug-likeness (QED) is 0.211. The summed E-state index contributed by atoms with van der Waals surface area (Å²) in [6.45, 7) is 1.73. The van der Waals surface area contributed by atoms with Crippen molar-refractivity contribution in [2.75, 3.05) is 0 Å². The van der Waals surface area contributed by atoms with E-state index in [0.717, 1.165) is 36.4 Å². The number of ether oxygens (including phenoxy) is 2. The molecule has 4 nitrogen and oxygen atoms in total. The molecule has 0 spiro atoms. The third-order valence-electron chi connectivity index (χ3n) is 4.84. The lowest BCUT2D eigenvalue weighted by atomic mass is 10.0. The van der Waals surface area contributed by atoms with E-state index >= 15 is 0 Å². The Morgan fingerprint density at radius 3 is 1.70 bits per heavy atom. The number of halogens is 4. The number of benzene rings is 4. The highest BCUT2D eigenvalue weighted by Gasteiger charge is 2.15. The van der Waals surface area contributed by atoms with E-state index in [-0.39, 0.29) is 22.6 Å². The van der Waals surface area contributed by atoms with Gasteiger partial charge in [0.05, 0.1) is 11.1 Å². The summed E-state index contributed by atoms with van der Waals surface area (Å²) in [6, 6.07) is 13.2. The third-order valence-corrected chi connectivity index (χ3v) is 4.84. The molecule has 0 radical (unpaired) electrons.